The van der Waals surface area contributed by atoms with Gasteiger partial charge in [0.15, 0.2) is 0 Å². The minimum absolute atomic E-state index is 0.0241. The van der Waals surface area contributed by atoms with Crippen LogP contribution < -0.4 is 10.6 Å². The first kappa shape index (κ1) is 18.8. The Morgan fingerprint density at radius 2 is 1.70 bits per heavy atom. The molecule has 8 heteroatoms. The van der Waals surface area contributed by atoms with Crippen molar-refractivity contribution in [1.82, 2.24) is 10.2 Å². The number of anilines is 2. The molecule has 2 N–H and O–H groups in total. The van der Waals surface area contributed by atoms with Gasteiger partial charge in [0.05, 0.1) is 5.69 Å². The van der Waals surface area contributed by atoms with Crippen LogP contribution in [0.25, 0.3) is 11.3 Å². The van der Waals surface area contributed by atoms with Crippen molar-refractivity contribution in [3.8, 4) is 11.3 Å². The Hall–Kier alpha value is -3.00. The lowest BCUT2D eigenvalue weighted by atomic mass is 10.1. The monoisotopic (exact) mass is 386 g/mol. The third kappa shape index (κ3) is 5.24. The summed E-state index contributed by atoms with van der Waals surface area (Å²) in [5.74, 6) is -0.622. The molecule has 3 rings (SSSR count). The van der Waals surface area contributed by atoms with Crippen molar-refractivity contribution in [2.75, 3.05) is 16.4 Å². The van der Waals surface area contributed by atoms with Crippen LogP contribution in [0.1, 0.15) is 6.92 Å². The van der Waals surface area contributed by atoms with Gasteiger partial charge in [-0.1, -0.05) is 19.1 Å². The lowest BCUT2D eigenvalue weighted by Gasteiger charge is -2.09. The predicted octanol–water partition coefficient (Wildman–Crippen LogP) is 5.18. The summed E-state index contributed by atoms with van der Waals surface area (Å²) >= 11 is 1.60. The zero-order valence-corrected chi connectivity index (χ0v) is 15.2. The Kier molecular flexibility index (Phi) is 5.97. The van der Waals surface area contributed by atoms with E-state index in [2.05, 4.69) is 20.8 Å². The Balaban J connectivity index is 1.70. The van der Waals surface area contributed by atoms with Crippen molar-refractivity contribution in [3.05, 3.63) is 66.2 Å². The van der Waals surface area contributed by atoms with Crippen molar-refractivity contribution in [2.24, 2.45) is 0 Å². The fourth-order valence-corrected chi connectivity index (χ4v) is 2.93. The maximum atomic E-state index is 13.2. The smallest absolute Gasteiger partial charge is 0.308 e. The molecule has 0 saturated carbocycles. The number of nitrogens with one attached hydrogen (secondary N) is 2. The highest BCUT2D eigenvalue weighted by molar-refractivity contribution is 7.99. The van der Waals surface area contributed by atoms with Gasteiger partial charge in [-0.25, -0.2) is 13.6 Å². The molecule has 0 aliphatic heterocycles. The largest absolute Gasteiger partial charge is 0.323 e. The number of halogens is 2. The normalized spacial score (nSPS) is 10.5. The third-order valence-electron chi connectivity index (χ3n) is 3.47. The highest BCUT2D eigenvalue weighted by atomic mass is 32.2. The molecule has 0 bridgehead atoms. The number of aromatic nitrogens is 2. The number of urea groups is 1. The fraction of sp³-hybridized carbons (Fsp3) is 0.105. The quantitative estimate of drug-likeness (QED) is 0.593. The molecule has 0 atom stereocenters. The summed E-state index contributed by atoms with van der Waals surface area (Å²) in [4.78, 5) is 12.1. The van der Waals surface area contributed by atoms with Crippen molar-refractivity contribution in [2.45, 2.75) is 11.9 Å². The Labute approximate surface area is 159 Å². The third-order valence-corrected chi connectivity index (χ3v) is 4.27. The molecular weight excluding hydrogens is 370 g/mol. The number of carbonyl (C=O) groups is 1. The number of benzene rings is 2. The summed E-state index contributed by atoms with van der Waals surface area (Å²) in [5, 5.41) is 14.2. The van der Waals surface area contributed by atoms with Gasteiger partial charge in [-0.2, -0.15) is 0 Å². The van der Waals surface area contributed by atoms with E-state index in [1.165, 1.54) is 0 Å². The van der Waals surface area contributed by atoms with Gasteiger partial charge < -0.3 is 10.6 Å². The highest BCUT2D eigenvalue weighted by Gasteiger charge is 2.07. The molecule has 0 spiro atoms. The number of carbonyl (C=O) groups excluding carboxylic acids is 1. The number of rotatable bonds is 5. The topological polar surface area (TPSA) is 66.9 Å². The average Bonchev–Trinajstić information content (AvgIpc) is 2.62. The van der Waals surface area contributed by atoms with Gasteiger partial charge in [0, 0.05) is 23.0 Å². The Morgan fingerprint density at radius 1 is 0.963 bits per heavy atom. The van der Waals surface area contributed by atoms with Crippen molar-refractivity contribution >= 4 is 29.2 Å². The van der Waals surface area contributed by atoms with Crippen molar-refractivity contribution < 1.29 is 13.6 Å². The van der Waals surface area contributed by atoms with Crippen LogP contribution in [0.4, 0.5) is 25.0 Å². The molecule has 0 radical (unpaired) electrons. The number of amides is 2. The lowest BCUT2D eigenvalue weighted by Crippen LogP contribution is -2.19. The van der Waals surface area contributed by atoms with E-state index in [-0.39, 0.29) is 5.69 Å². The summed E-state index contributed by atoms with van der Waals surface area (Å²) in [6, 6.07) is 13.0. The van der Waals surface area contributed by atoms with E-state index in [1.54, 1.807) is 30.0 Å². The second-order valence-corrected chi connectivity index (χ2v) is 6.79. The molecule has 0 aliphatic rings. The molecule has 5 nitrogen and oxygen atoms in total. The molecule has 0 aliphatic carbocycles. The fourth-order valence-electron chi connectivity index (χ4n) is 2.37. The minimum Gasteiger partial charge on any atom is -0.308 e. The molecule has 1 heterocycles. The number of nitrogens with zero attached hydrogens (tertiary/aromatic N) is 2. The van der Waals surface area contributed by atoms with Crippen LogP contribution in [0.5, 0.6) is 0 Å². The van der Waals surface area contributed by atoms with E-state index < -0.39 is 17.7 Å². The molecule has 3 aromatic rings. The van der Waals surface area contributed by atoms with Crippen LogP contribution in [0, 0.1) is 11.6 Å². The summed E-state index contributed by atoms with van der Waals surface area (Å²) in [6.45, 7) is 2.04. The van der Waals surface area contributed by atoms with Gasteiger partial charge >= 0.3 is 6.03 Å². The van der Waals surface area contributed by atoms with Crippen LogP contribution in [0.3, 0.4) is 0 Å². The zero-order chi connectivity index (χ0) is 19.2. The van der Waals surface area contributed by atoms with E-state index in [9.17, 15) is 13.6 Å². The van der Waals surface area contributed by atoms with E-state index in [0.29, 0.717) is 11.4 Å². The summed E-state index contributed by atoms with van der Waals surface area (Å²) < 4.78 is 26.4. The van der Waals surface area contributed by atoms with Crippen LogP contribution in [-0.4, -0.2) is 22.0 Å². The second-order valence-electron chi connectivity index (χ2n) is 5.51. The van der Waals surface area contributed by atoms with Crippen LogP contribution in [-0.2, 0) is 0 Å². The zero-order valence-electron chi connectivity index (χ0n) is 14.4. The minimum atomic E-state index is -0.768. The van der Waals surface area contributed by atoms with E-state index >= 15 is 0 Å². The number of hydrogen-bond acceptors (Lipinski definition) is 4. The maximum Gasteiger partial charge on any atom is 0.323 e. The first-order valence-electron chi connectivity index (χ1n) is 8.14. The Morgan fingerprint density at radius 3 is 2.37 bits per heavy atom. The van der Waals surface area contributed by atoms with Gasteiger partial charge in [-0.15, -0.1) is 22.0 Å². The molecule has 2 amide bonds. The van der Waals surface area contributed by atoms with Gasteiger partial charge in [0.2, 0.25) is 0 Å². The van der Waals surface area contributed by atoms with Crippen LogP contribution >= 0.6 is 11.8 Å². The molecule has 0 saturated heterocycles. The Bertz CT molecular complexity index is 930. The van der Waals surface area contributed by atoms with E-state index in [0.717, 1.165) is 34.5 Å². The summed E-state index contributed by atoms with van der Waals surface area (Å²) in [7, 11) is 0. The maximum absolute atomic E-state index is 13.2. The summed E-state index contributed by atoms with van der Waals surface area (Å²) in [5.41, 5.74) is 1.99. The number of thioether (sulfide) groups is 1. The van der Waals surface area contributed by atoms with Gasteiger partial charge in [0.25, 0.3) is 0 Å². The first-order chi connectivity index (χ1) is 13.0. The number of hydrogen-bond donors (Lipinski definition) is 2. The van der Waals surface area contributed by atoms with Gasteiger partial charge in [-0.05, 0) is 42.2 Å². The van der Waals surface area contributed by atoms with Gasteiger partial charge in [-0.3, -0.25) is 0 Å². The van der Waals surface area contributed by atoms with E-state index in [4.69, 9.17) is 0 Å². The molecule has 0 unspecified atom stereocenters. The predicted molar refractivity (Wildman–Crippen MR) is 103 cm³/mol. The van der Waals surface area contributed by atoms with Gasteiger partial charge in [0.1, 0.15) is 16.7 Å². The summed E-state index contributed by atoms with van der Waals surface area (Å²) in [6.07, 6.45) is 0. The molecule has 1 aromatic heterocycles. The van der Waals surface area contributed by atoms with Crippen molar-refractivity contribution in [3.63, 3.8) is 0 Å². The van der Waals surface area contributed by atoms with Crippen LogP contribution in [0.15, 0.2) is 59.6 Å². The molecule has 27 heavy (non-hydrogen) atoms. The van der Waals surface area contributed by atoms with Crippen LogP contribution in [0.2, 0.25) is 0 Å². The molecule has 2 aromatic carbocycles. The van der Waals surface area contributed by atoms with Crippen molar-refractivity contribution in [1.29, 1.82) is 0 Å². The first-order valence-corrected chi connectivity index (χ1v) is 9.13. The molecular formula is C19H16F2N4OS. The average molecular weight is 386 g/mol. The lowest BCUT2D eigenvalue weighted by molar-refractivity contribution is 0.262. The standard InChI is InChI=1S/C19H16F2N4OS/c1-2-27-18-7-6-17(24-25-18)12-4-3-5-15(8-12)22-19(26)23-16-10-13(20)9-14(21)11-16/h3-11H,2H2,1H3,(H2,22,23,26). The SMILES string of the molecule is CCSc1ccc(-c2cccc(NC(=O)Nc3cc(F)cc(F)c3)c2)nn1. The second kappa shape index (κ2) is 8.59. The van der Waals surface area contributed by atoms with E-state index in [1.807, 2.05) is 25.1 Å². The molecule has 138 valence electrons. The highest BCUT2D eigenvalue weighted by Crippen LogP contribution is 2.22. The molecule has 0 fully saturated rings.